The Hall–Kier alpha value is -1.18. The Morgan fingerprint density at radius 3 is 2.93 bits per heavy atom. The van der Waals surface area contributed by atoms with Crippen LogP contribution in [-0.2, 0) is 9.47 Å². The van der Waals surface area contributed by atoms with E-state index < -0.39 is 24.5 Å². The van der Waals surface area contributed by atoms with Gasteiger partial charge in [-0.3, -0.25) is 5.32 Å². The first-order valence-electron chi connectivity index (χ1n) is 9.39. The molecule has 0 saturated carbocycles. The molecule has 11 heteroatoms. The molecule has 0 aromatic rings. The van der Waals surface area contributed by atoms with Crippen molar-refractivity contribution < 1.29 is 19.7 Å². The van der Waals surface area contributed by atoms with Crippen molar-refractivity contribution in [2.75, 3.05) is 60.3 Å². The lowest BCUT2D eigenvalue weighted by Crippen LogP contribution is -2.56. The number of fused-ring (bicyclic) bond motifs is 1. The number of nitrogens with zero attached hydrogens (tertiary/aromatic N) is 2. The molecule has 3 aliphatic rings. The Bertz CT molecular complexity index is 523. The predicted molar refractivity (Wildman–Crippen MR) is 98.9 cm³/mol. The van der Waals surface area contributed by atoms with Crippen LogP contribution in [0.5, 0.6) is 0 Å². The van der Waals surface area contributed by atoms with E-state index in [1.165, 1.54) is 0 Å². The van der Waals surface area contributed by atoms with E-state index in [9.17, 15) is 10.2 Å². The third-order valence-electron chi connectivity index (χ3n) is 5.23. The van der Waals surface area contributed by atoms with Gasteiger partial charge in [-0.2, -0.15) is 0 Å². The summed E-state index contributed by atoms with van der Waals surface area (Å²) in [6, 6.07) is 0. The quantitative estimate of drug-likeness (QED) is 0.195. The third kappa shape index (κ3) is 4.63. The first-order chi connectivity index (χ1) is 13.0. The summed E-state index contributed by atoms with van der Waals surface area (Å²) < 4.78 is 11.1. The summed E-state index contributed by atoms with van der Waals surface area (Å²) in [6.45, 7) is 4.65. The number of nitrogens with two attached hydrogens (primary N) is 1. The van der Waals surface area contributed by atoms with Crippen LogP contribution in [0.1, 0.15) is 0 Å². The monoisotopic (exact) mass is 387 g/mol. The number of hydrogen-bond acceptors (Lipinski definition) is 11. The molecule has 0 spiro atoms. The molecule has 2 fully saturated rings. The number of methoxy groups -OCH3 is 1. The number of aliphatic hydroxyl groups is 2. The van der Waals surface area contributed by atoms with Gasteiger partial charge in [0.25, 0.3) is 0 Å². The molecule has 0 bridgehead atoms. The average Bonchev–Trinajstić information content (AvgIpc) is 3.19. The van der Waals surface area contributed by atoms with Gasteiger partial charge in [0.05, 0.1) is 25.6 Å². The van der Waals surface area contributed by atoms with Gasteiger partial charge in [0, 0.05) is 33.3 Å². The van der Waals surface area contributed by atoms with Crippen LogP contribution in [0.25, 0.3) is 0 Å². The first-order valence-corrected chi connectivity index (χ1v) is 9.39. The SMILES string of the molecule is COCCNCCN(C)C[C@H]1O[C@@H](N2CNC3=C(N)NCNC32)[C@H](O)[C@@H]1O. The zero-order valence-corrected chi connectivity index (χ0v) is 16.0. The van der Waals surface area contributed by atoms with Crippen molar-refractivity contribution >= 4 is 0 Å². The van der Waals surface area contributed by atoms with Gasteiger partial charge in [-0.1, -0.05) is 0 Å². The largest absolute Gasteiger partial charge is 0.387 e. The number of likely N-dealkylation sites (N-methyl/N-ethyl adjacent to an activating group) is 1. The Balaban J connectivity index is 1.51. The number of aliphatic hydroxyl groups excluding tert-OH is 2. The summed E-state index contributed by atoms with van der Waals surface area (Å²) in [5.74, 6) is 0.589. The van der Waals surface area contributed by atoms with Crippen molar-refractivity contribution in [2.45, 2.75) is 30.7 Å². The van der Waals surface area contributed by atoms with Gasteiger partial charge in [0.15, 0.2) is 0 Å². The molecule has 156 valence electrons. The van der Waals surface area contributed by atoms with Crippen molar-refractivity contribution in [3.8, 4) is 0 Å². The zero-order chi connectivity index (χ0) is 19.4. The van der Waals surface area contributed by atoms with Crippen molar-refractivity contribution in [1.29, 1.82) is 0 Å². The number of nitrogens with one attached hydrogen (secondary N) is 4. The average molecular weight is 387 g/mol. The smallest absolute Gasteiger partial charge is 0.142 e. The molecule has 5 atom stereocenters. The molecule has 8 N–H and O–H groups in total. The molecule has 3 rings (SSSR count). The fourth-order valence-electron chi connectivity index (χ4n) is 3.69. The van der Waals surface area contributed by atoms with Gasteiger partial charge in [-0.25, -0.2) is 4.90 Å². The fourth-order valence-corrected chi connectivity index (χ4v) is 3.69. The van der Waals surface area contributed by atoms with E-state index in [1.54, 1.807) is 7.11 Å². The van der Waals surface area contributed by atoms with Crippen LogP contribution in [0, 0.1) is 0 Å². The summed E-state index contributed by atoms with van der Waals surface area (Å²) in [4.78, 5) is 4.03. The molecule has 0 aromatic carbocycles. The second kappa shape index (κ2) is 9.34. The van der Waals surface area contributed by atoms with E-state index in [4.69, 9.17) is 15.2 Å². The highest BCUT2D eigenvalue weighted by molar-refractivity contribution is 5.21. The van der Waals surface area contributed by atoms with E-state index in [0.717, 1.165) is 25.3 Å². The molecule has 27 heavy (non-hydrogen) atoms. The van der Waals surface area contributed by atoms with Crippen molar-refractivity contribution in [2.24, 2.45) is 5.73 Å². The van der Waals surface area contributed by atoms with Crippen LogP contribution < -0.4 is 27.0 Å². The molecular formula is C16H33N7O4. The van der Waals surface area contributed by atoms with E-state index >= 15 is 0 Å². The van der Waals surface area contributed by atoms with Crippen LogP contribution in [0.2, 0.25) is 0 Å². The molecule has 11 nitrogen and oxygen atoms in total. The maximum Gasteiger partial charge on any atom is 0.142 e. The van der Waals surface area contributed by atoms with Gasteiger partial charge < -0.3 is 46.3 Å². The summed E-state index contributed by atoms with van der Waals surface area (Å²) in [6.07, 6.45) is -3.15. The van der Waals surface area contributed by atoms with Gasteiger partial charge in [0.2, 0.25) is 0 Å². The van der Waals surface area contributed by atoms with E-state index in [2.05, 4.69) is 26.2 Å². The Morgan fingerprint density at radius 1 is 1.33 bits per heavy atom. The van der Waals surface area contributed by atoms with Gasteiger partial charge >= 0.3 is 0 Å². The minimum atomic E-state index is -0.984. The Kier molecular flexibility index (Phi) is 7.11. The maximum absolute atomic E-state index is 10.6. The van der Waals surface area contributed by atoms with Gasteiger partial charge in [0.1, 0.15) is 36.5 Å². The number of ether oxygens (including phenoxy) is 2. The highest BCUT2D eigenvalue weighted by Gasteiger charge is 2.49. The summed E-state index contributed by atoms with van der Waals surface area (Å²) in [5, 5.41) is 33.9. The molecule has 3 aliphatic heterocycles. The maximum atomic E-state index is 10.6. The molecule has 0 radical (unpaired) electrons. The highest BCUT2D eigenvalue weighted by atomic mass is 16.6. The summed E-state index contributed by atoms with van der Waals surface area (Å²) in [5.41, 5.74) is 6.82. The van der Waals surface area contributed by atoms with E-state index in [0.29, 0.717) is 32.3 Å². The second-order valence-corrected chi connectivity index (χ2v) is 7.19. The number of rotatable bonds is 9. The topological polar surface area (TPSA) is 140 Å². The van der Waals surface area contributed by atoms with Crippen molar-refractivity contribution in [1.82, 2.24) is 31.1 Å². The highest BCUT2D eigenvalue weighted by Crippen LogP contribution is 2.29. The minimum absolute atomic E-state index is 0.167. The molecule has 0 aromatic heterocycles. The lowest BCUT2D eigenvalue weighted by molar-refractivity contribution is -0.100. The van der Waals surface area contributed by atoms with Crippen molar-refractivity contribution in [3.63, 3.8) is 0 Å². The van der Waals surface area contributed by atoms with E-state index in [1.807, 2.05) is 11.9 Å². The summed E-state index contributed by atoms with van der Waals surface area (Å²) >= 11 is 0. The number of hydrogen-bond donors (Lipinski definition) is 7. The second-order valence-electron chi connectivity index (χ2n) is 7.19. The molecule has 2 saturated heterocycles. The van der Waals surface area contributed by atoms with Crippen LogP contribution in [0.4, 0.5) is 0 Å². The molecule has 3 heterocycles. The zero-order valence-electron chi connectivity index (χ0n) is 16.0. The van der Waals surface area contributed by atoms with Crippen molar-refractivity contribution in [3.05, 3.63) is 11.5 Å². The molecule has 0 amide bonds. The normalized spacial score (nSPS) is 34.0. The van der Waals surface area contributed by atoms with Crippen LogP contribution in [-0.4, -0.2) is 111 Å². The lowest BCUT2D eigenvalue weighted by Gasteiger charge is -2.33. The van der Waals surface area contributed by atoms with Crippen LogP contribution in [0.15, 0.2) is 11.5 Å². The molecular weight excluding hydrogens is 354 g/mol. The molecule has 0 aliphatic carbocycles. The van der Waals surface area contributed by atoms with Gasteiger partial charge in [-0.05, 0) is 7.05 Å². The minimum Gasteiger partial charge on any atom is -0.387 e. The fraction of sp³-hybridized carbons (Fsp3) is 0.875. The predicted octanol–water partition coefficient (Wildman–Crippen LogP) is -3.93. The van der Waals surface area contributed by atoms with Crippen LogP contribution >= 0.6 is 0 Å². The first kappa shape index (κ1) is 20.6. The lowest BCUT2D eigenvalue weighted by atomic mass is 10.1. The third-order valence-corrected chi connectivity index (χ3v) is 5.23. The van der Waals surface area contributed by atoms with Crippen LogP contribution in [0.3, 0.4) is 0 Å². The standard InChI is InChI=1S/C16H33N7O4/c1-22(5-3-18-4-6-26-2)7-10-12(24)13(25)16(27-10)23-9-21-11-14(17)19-8-20-15(11)23/h10,12-13,15-16,18-21,24-25H,3-9,17H2,1-2H3/t10-,12-,13-,15?,16-/m1/s1. The Labute approximate surface area is 159 Å². The van der Waals surface area contributed by atoms with Gasteiger partial charge in [-0.15, -0.1) is 0 Å². The molecule has 1 unspecified atom stereocenters. The van der Waals surface area contributed by atoms with E-state index in [-0.39, 0.29) is 6.17 Å². The summed E-state index contributed by atoms with van der Waals surface area (Å²) in [7, 11) is 3.65. The Morgan fingerprint density at radius 2 is 2.15 bits per heavy atom.